The molecule has 6 nitrogen and oxygen atoms in total. The molecule has 0 fully saturated rings. The predicted octanol–water partition coefficient (Wildman–Crippen LogP) is 5.65. The van der Waals surface area contributed by atoms with Crippen LogP contribution in [-0.2, 0) is 4.79 Å². The van der Waals surface area contributed by atoms with Crippen LogP contribution in [0.3, 0.4) is 0 Å². The van der Waals surface area contributed by atoms with Gasteiger partial charge in [-0.05, 0) is 74.5 Å². The third kappa shape index (κ3) is 4.97. The molecule has 0 aliphatic rings. The highest BCUT2D eigenvalue weighted by atomic mass is 16.5. The topological polar surface area (TPSA) is 76.1 Å². The summed E-state index contributed by atoms with van der Waals surface area (Å²) in [5, 5.41) is 9.45. The van der Waals surface area contributed by atoms with E-state index < -0.39 is 5.97 Å². The first kappa shape index (κ1) is 20.9. The molecule has 3 aromatic rings. The number of carbonyl (C=O) groups excluding carboxylic acids is 1. The fourth-order valence-corrected chi connectivity index (χ4v) is 3.00. The second kappa shape index (κ2) is 9.13. The monoisotopic (exact) mass is 405 g/mol. The number of hydrogen-bond acceptors (Lipinski definition) is 4. The Morgan fingerprint density at radius 2 is 1.37 bits per heavy atom. The zero-order valence-electron chi connectivity index (χ0n) is 17.0. The summed E-state index contributed by atoms with van der Waals surface area (Å²) < 4.78 is 11.5. The first-order valence-electron chi connectivity index (χ1n) is 9.53. The zero-order chi connectivity index (χ0) is 21.7. The first-order valence-corrected chi connectivity index (χ1v) is 9.53. The van der Waals surface area contributed by atoms with Gasteiger partial charge in [-0.3, -0.25) is 9.69 Å². The van der Waals surface area contributed by atoms with Gasteiger partial charge in [-0.2, -0.15) is 0 Å². The summed E-state index contributed by atoms with van der Waals surface area (Å²) in [6.45, 7) is 5.32. The van der Waals surface area contributed by atoms with Gasteiger partial charge >= 0.3 is 5.97 Å². The molecule has 0 saturated heterocycles. The van der Waals surface area contributed by atoms with Crippen molar-refractivity contribution in [3.63, 3.8) is 0 Å². The van der Waals surface area contributed by atoms with Crippen molar-refractivity contribution in [2.75, 3.05) is 4.90 Å². The van der Waals surface area contributed by atoms with E-state index in [-0.39, 0.29) is 17.6 Å². The summed E-state index contributed by atoms with van der Waals surface area (Å²) in [6.07, 6.45) is 0.0970. The largest absolute Gasteiger partial charge is 0.491 e. The quantitative estimate of drug-likeness (QED) is 0.550. The van der Waals surface area contributed by atoms with Crippen LogP contribution in [0.25, 0.3) is 0 Å². The maximum Gasteiger partial charge on any atom is 0.337 e. The molecule has 0 unspecified atom stereocenters. The number of amides is 1. The summed E-state index contributed by atoms with van der Waals surface area (Å²) in [5.41, 5.74) is 0.910. The SMILES string of the molecule is CC(=O)N(c1ccc(Oc2ccc(OC(C)C)cc2)cc1)c1ccccc1C(=O)O. The van der Waals surface area contributed by atoms with Crippen LogP contribution in [0.4, 0.5) is 11.4 Å². The van der Waals surface area contributed by atoms with E-state index in [1.807, 2.05) is 38.1 Å². The Hall–Kier alpha value is -3.80. The van der Waals surface area contributed by atoms with E-state index in [9.17, 15) is 14.7 Å². The molecule has 154 valence electrons. The van der Waals surface area contributed by atoms with E-state index in [0.717, 1.165) is 5.75 Å². The number of rotatable bonds is 7. The van der Waals surface area contributed by atoms with E-state index in [2.05, 4.69) is 0 Å². The number of ether oxygens (including phenoxy) is 2. The van der Waals surface area contributed by atoms with Gasteiger partial charge in [-0.1, -0.05) is 12.1 Å². The highest BCUT2D eigenvalue weighted by Gasteiger charge is 2.20. The third-order valence-corrected chi connectivity index (χ3v) is 4.22. The summed E-state index contributed by atoms with van der Waals surface area (Å²) in [6, 6.07) is 20.6. The van der Waals surface area contributed by atoms with E-state index >= 15 is 0 Å². The Kier molecular flexibility index (Phi) is 6.37. The number of carbonyl (C=O) groups is 2. The number of anilines is 2. The number of carboxylic acid groups (broad SMARTS) is 1. The van der Waals surface area contributed by atoms with Gasteiger partial charge in [0.05, 0.1) is 17.4 Å². The highest BCUT2D eigenvalue weighted by Crippen LogP contribution is 2.31. The molecule has 0 aliphatic carbocycles. The van der Waals surface area contributed by atoms with Gasteiger partial charge in [0.25, 0.3) is 0 Å². The van der Waals surface area contributed by atoms with Gasteiger partial charge in [-0.15, -0.1) is 0 Å². The van der Waals surface area contributed by atoms with Crippen LogP contribution in [0.2, 0.25) is 0 Å². The lowest BCUT2D eigenvalue weighted by Gasteiger charge is -2.23. The summed E-state index contributed by atoms with van der Waals surface area (Å²) in [7, 11) is 0. The van der Waals surface area contributed by atoms with Gasteiger partial charge in [0.2, 0.25) is 5.91 Å². The molecule has 0 spiro atoms. The van der Waals surface area contributed by atoms with Crippen LogP contribution in [-0.4, -0.2) is 23.1 Å². The van der Waals surface area contributed by atoms with Crippen LogP contribution in [0.15, 0.2) is 72.8 Å². The molecular weight excluding hydrogens is 382 g/mol. The molecule has 0 radical (unpaired) electrons. The molecule has 0 bridgehead atoms. The Balaban J connectivity index is 1.81. The van der Waals surface area contributed by atoms with Crippen molar-refractivity contribution >= 4 is 23.3 Å². The second-order valence-electron chi connectivity index (χ2n) is 6.91. The molecule has 30 heavy (non-hydrogen) atoms. The lowest BCUT2D eigenvalue weighted by atomic mass is 10.1. The average molecular weight is 405 g/mol. The fraction of sp³-hybridized carbons (Fsp3) is 0.167. The van der Waals surface area contributed by atoms with E-state index in [4.69, 9.17) is 9.47 Å². The number of para-hydroxylation sites is 1. The Morgan fingerprint density at radius 3 is 1.90 bits per heavy atom. The lowest BCUT2D eigenvalue weighted by molar-refractivity contribution is -0.115. The number of nitrogens with zero attached hydrogens (tertiary/aromatic N) is 1. The Morgan fingerprint density at radius 1 is 0.833 bits per heavy atom. The van der Waals surface area contributed by atoms with E-state index in [1.54, 1.807) is 42.5 Å². The number of carboxylic acids is 1. The van der Waals surface area contributed by atoms with Crippen molar-refractivity contribution < 1.29 is 24.2 Å². The van der Waals surface area contributed by atoms with Gasteiger partial charge in [-0.25, -0.2) is 4.79 Å². The maximum absolute atomic E-state index is 12.3. The van der Waals surface area contributed by atoms with E-state index in [0.29, 0.717) is 22.9 Å². The van der Waals surface area contributed by atoms with Gasteiger partial charge in [0, 0.05) is 12.6 Å². The second-order valence-corrected chi connectivity index (χ2v) is 6.91. The first-order chi connectivity index (χ1) is 14.3. The van der Waals surface area contributed by atoms with E-state index in [1.165, 1.54) is 17.9 Å². The van der Waals surface area contributed by atoms with Crippen LogP contribution >= 0.6 is 0 Å². The van der Waals surface area contributed by atoms with Crippen molar-refractivity contribution in [3.8, 4) is 17.2 Å². The van der Waals surface area contributed by atoms with Crippen LogP contribution < -0.4 is 14.4 Å². The molecule has 0 atom stereocenters. The highest BCUT2D eigenvalue weighted by molar-refractivity contribution is 6.05. The minimum atomic E-state index is -1.10. The van der Waals surface area contributed by atoms with Crippen molar-refractivity contribution in [1.82, 2.24) is 0 Å². The molecule has 3 aromatic carbocycles. The van der Waals surface area contributed by atoms with Gasteiger partial charge in [0.1, 0.15) is 17.2 Å². The number of benzene rings is 3. The predicted molar refractivity (Wildman–Crippen MR) is 115 cm³/mol. The normalized spacial score (nSPS) is 10.5. The minimum Gasteiger partial charge on any atom is -0.491 e. The van der Waals surface area contributed by atoms with Crippen LogP contribution in [0.5, 0.6) is 17.2 Å². The summed E-state index contributed by atoms with van der Waals surface area (Å²) in [5.74, 6) is 0.617. The van der Waals surface area contributed by atoms with Crippen LogP contribution in [0, 0.1) is 0 Å². The van der Waals surface area contributed by atoms with Crippen molar-refractivity contribution in [2.24, 2.45) is 0 Å². The molecular formula is C24H23NO5. The molecule has 0 aliphatic heterocycles. The smallest absolute Gasteiger partial charge is 0.337 e. The molecule has 0 heterocycles. The van der Waals surface area contributed by atoms with Crippen molar-refractivity contribution in [1.29, 1.82) is 0 Å². The molecule has 3 rings (SSSR count). The van der Waals surface area contributed by atoms with Gasteiger partial charge < -0.3 is 14.6 Å². The summed E-state index contributed by atoms with van der Waals surface area (Å²) in [4.78, 5) is 25.2. The third-order valence-electron chi connectivity index (χ3n) is 4.22. The van der Waals surface area contributed by atoms with Crippen molar-refractivity contribution in [2.45, 2.75) is 26.9 Å². The van der Waals surface area contributed by atoms with Crippen molar-refractivity contribution in [3.05, 3.63) is 78.4 Å². The van der Waals surface area contributed by atoms with Crippen LogP contribution in [0.1, 0.15) is 31.1 Å². The molecule has 1 amide bonds. The Bertz CT molecular complexity index is 1030. The standard InChI is InChI=1S/C24H23NO5/c1-16(2)29-19-12-14-21(15-13-19)30-20-10-8-18(9-11-20)25(17(3)26)23-7-5-4-6-22(23)24(27)28/h4-16H,1-3H3,(H,27,28). The lowest BCUT2D eigenvalue weighted by Crippen LogP contribution is -2.24. The molecule has 0 saturated carbocycles. The zero-order valence-corrected chi connectivity index (χ0v) is 17.0. The number of hydrogen-bond donors (Lipinski definition) is 1. The fourth-order valence-electron chi connectivity index (χ4n) is 3.00. The minimum absolute atomic E-state index is 0.0525. The average Bonchev–Trinajstić information content (AvgIpc) is 2.70. The van der Waals surface area contributed by atoms with Gasteiger partial charge in [0.15, 0.2) is 0 Å². The summed E-state index contributed by atoms with van der Waals surface area (Å²) >= 11 is 0. The maximum atomic E-state index is 12.3. The molecule has 1 N–H and O–H groups in total. The number of aromatic carboxylic acids is 1. The molecule has 6 heteroatoms. The molecule has 0 aromatic heterocycles. The Labute approximate surface area is 175 Å².